The number of piperidine rings is 1. The van der Waals surface area contributed by atoms with Gasteiger partial charge in [0, 0.05) is 49.9 Å². The normalized spacial score (nSPS) is 20.2. The molecule has 1 N–H and O–H groups in total. The monoisotopic (exact) mass is 395 g/mol. The van der Waals surface area contributed by atoms with E-state index in [4.69, 9.17) is 9.72 Å². The van der Waals surface area contributed by atoms with E-state index >= 15 is 0 Å². The van der Waals surface area contributed by atoms with Crippen LogP contribution in [-0.4, -0.2) is 52.7 Å². The number of pyridine rings is 1. The van der Waals surface area contributed by atoms with Gasteiger partial charge in [0.2, 0.25) is 11.9 Å². The molecule has 0 aromatic carbocycles. The molecule has 2 fully saturated rings. The second-order valence-electron chi connectivity index (χ2n) is 8.13. The molecular formula is C22H29N5O2. The molecule has 1 amide bonds. The Bertz CT molecular complexity index is 828. The van der Waals surface area contributed by atoms with Crippen molar-refractivity contribution in [1.29, 1.82) is 0 Å². The Kier molecular flexibility index (Phi) is 6.04. The molecule has 2 aromatic rings. The molecule has 0 saturated carbocycles. The molecule has 2 aliphatic heterocycles. The van der Waals surface area contributed by atoms with Crippen LogP contribution in [0.3, 0.4) is 0 Å². The van der Waals surface area contributed by atoms with Crippen molar-refractivity contribution in [3.63, 3.8) is 0 Å². The maximum absolute atomic E-state index is 12.3. The summed E-state index contributed by atoms with van der Waals surface area (Å²) in [6.07, 6.45) is 8.85. The summed E-state index contributed by atoms with van der Waals surface area (Å²) in [5.41, 5.74) is 3.20. The lowest BCUT2D eigenvalue weighted by atomic mass is 10.00. The highest BCUT2D eigenvalue weighted by atomic mass is 16.5. The Hall–Kier alpha value is -2.54. The average Bonchev–Trinajstić information content (AvgIpc) is 3.30. The van der Waals surface area contributed by atoms with Gasteiger partial charge < -0.3 is 15.0 Å². The van der Waals surface area contributed by atoms with Crippen LogP contribution in [0.25, 0.3) is 11.1 Å². The van der Waals surface area contributed by atoms with Crippen LogP contribution in [0, 0.1) is 0 Å². The Morgan fingerprint density at radius 1 is 1.21 bits per heavy atom. The van der Waals surface area contributed by atoms with Gasteiger partial charge in [-0.25, -0.2) is 9.97 Å². The molecule has 2 aliphatic rings. The molecule has 154 valence electrons. The van der Waals surface area contributed by atoms with E-state index in [2.05, 4.69) is 34.0 Å². The Morgan fingerprint density at radius 2 is 1.97 bits per heavy atom. The molecule has 7 nitrogen and oxygen atoms in total. The van der Waals surface area contributed by atoms with E-state index in [0.717, 1.165) is 61.5 Å². The molecular weight excluding hydrogens is 366 g/mol. The number of hydrogen-bond donors (Lipinski definition) is 1. The van der Waals surface area contributed by atoms with Gasteiger partial charge in [0.05, 0.1) is 5.69 Å². The third-order valence-corrected chi connectivity index (χ3v) is 5.69. The van der Waals surface area contributed by atoms with Crippen LogP contribution in [0.15, 0.2) is 30.7 Å². The summed E-state index contributed by atoms with van der Waals surface area (Å²) in [7, 11) is 0. The minimum Gasteiger partial charge on any atom is -0.368 e. The lowest BCUT2D eigenvalue weighted by Crippen LogP contribution is -2.47. The van der Waals surface area contributed by atoms with Gasteiger partial charge in [-0.15, -0.1) is 0 Å². The summed E-state index contributed by atoms with van der Waals surface area (Å²) in [6, 6.07) is 4.18. The number of hydrogen-bond acceptors (Lipinski definition) is 6. The molecule has 0 radical (unpaired) electrons. The second-order valence-corrected chi connectivity index (χ2v) is 8.13. The first-order chi connectivity index (χ1) is 14.1. The molecule has 0 spiro atoms. The number of nitrogens with zero attached hydrogens (tertiary/aromatic N) is 4. The summed E-state index contributed by atoms with van der Waals surface area (Å²) in [4.78, 5) is 28.2. The van der Waals surface area contributed by atoms with Crippen LogP contribution in [0.4, 0.5) is 5.95 Å². The number of nitrogens with one attached hydrogen (secondary N) is 1. The van der Waals surface area contributed by atoms with E-state index in [1.165, 1.54) is 0 Å². The first-order valence-corrected chi connectivity index (χ1v) is 10.6. The average molecular weight is 396 g/mol. The van der Waals surface area contributed by atoms with Crippen molar-refractivity contribution in [2.45, 2.75) is 57.6 Å². The molecule has 2 aromatic heterocycles. The summed E-state index contributed by atoms with van der Waals surface area (Å²) >= 11 is 0. The lowest BCUT2D eigenvalue weighted by molar-refractivity contribution is -0.130. The highest BCUT2D eigenvalue weighted by Gasteiger charge is 2.28. The zero-order valence-corrected chi connectivity index (χ0v) is 17.2. The molecule has 0 unspecified atom stereocenters. The van der Waals surface area contributed by atoms with E-state index in [-0.39, 0.29) is 18.1 Å². The van der Waals surface area contributed by atoms with Crippen molar-refractivity contribution in [2.75, 3.05) is 24.6 Å². The molecule has 29 heavy (non-hydrogen) atoms. The van der Waals surface area contributed by atoms with Gasteiger partial charge in [-0.3, -0.25) is 9.78 Å². The summed E-state index contributed by atoms with van der Waals surface area (Å²) in [5.74, 6) is 1.11. The number of carbonyl (C=O) groups is 1. The summed E-state index contributed by atoms with van der Waals surface area (Å²) < 4.78 is 5.48. The fraction of sp³-hybridized carbons (Fsp3) is 0.545. The van der Waals surface area contributed by atoms with Crippen molar-refractivity contribution in [3.05, 3.63) is 36.4 Å². The van der Waals surface area contributed by atoms with E-state index in [0.29, 0.717) is 12.5 Å². The molecule has 4 rings (SSSR count). The molecule has 1 atom stereocenters. The number of rotatable bonds is 5. The summed E-state index contributed by atoms with van der Waals surface area (Å²) in [6.45, 7) is 6.68. The Balaban J connectivity index is 1.42. The number of aromatic nitrogens is 3. The van der Waals surface area contributed by atoms with Gasteiger partial charge in [0.25, 0.3) is 0 Å². The number of anilines is 1. The number of ether oxygens (including phenoxy) is 1. The smallest absolute Gasteiger partial charge is 0.249 e. The van der Waals surface area contributed by atoms with E-state index in [1.54, 1.807) is 12.4 Å². The van der Waals surface area contributed by atoms with Crippen molar-refractivity contribution < 1.29 is 9.53 Å². The largest absolute Gasteiger partial charge is 0.368 e. The van der Waals surface area contributed by atoms with Crippen LogP contribution >= 0.6 is 0 Å². The molecule has 2 saturated heterocycles. The second kappa shape index (κ2) is 8.86. The zero-order chi connectivity index (χ0) is 20.2. The van der Waals surface area contributed by atoms with Gasteiger partial charge in [-0.1, -0.05) is 13.8 Å². The van der Waals surface area contributed by atoms with Crippen molar-refractivity contribution in [2.24, 2.45) is 0 Å². The van der Waals surface area contributed by atoms with Crippen LogP contribution in [0.5, 0.6) is 0 Å². The van der Waals surface area contributed by atoms with Crippen LogP contribution in [0.2, 0.25) is 0 Å². The van der Waals surface area contributed by atoms with E-state index in [9.17, 15) is 4.79 Å². The zero-order valence-electron chi connectivity index (χ0n) is 17.2. The summed E-state index contributed by atoms with van der Waals surface area (Å²) in [5, 5.41) is 3.16. The van der Waals surface area contributed by atoms with Crippen LogP contribution in [0.1, 0.15) is 51.1 Å². The van der Waals surface area contributed by atoms with Gasteiger partial charge in [-0.2, -0.15) is 0 Å². The van der Waals surface area contributed by atoms with Gasteiger partial charge in [-0.05, 0) is 49.3 Å². The van der Waals surface area contributed by atoms with Crippen molar-refractivity contribution in [3.8, 4) is 11.1 Å². The van der Waals surface area contributed by atoms with Gasteiger partial charge in [0.15, 0.2) is 0 Å². The molecule has 0 bridgehead atoms. The third kappa shape index (κ3) is 4.56. The first-order valence-electron chi connectivity index (χ1n) is 10.6. The van der Waals surface area contributed by atoms with Crippen LogP contribution < -0.4 is 10.2 Å². The quantitative estimate of drug-likeness (QED) is 0.838. The highest BCUT2D eigenvalue weighted by Crippen LogP contribution is 2.29. The maximum Gasteiger partial charge on any atom is 0.249 e. The predicted molar refractivity (Wildman–Crippen MR) is 112 cm³/mol. The fourth-order valence-electron chi connectivity index (χ4n) is 4.03. The maximum atomic E-state index is 12.3. The SMILES string of the molecule is CC(C)c1nc(N2CCC(NC(=O)[C@H]3CCCO3)CC2)ncc1-c1ccncc1. The minimum atomic E-state index is -0.259. The first kappa shape index (κ1) is 19.8. The fourth-order valence-corrected chi connectivity index (χ4v) is 4.03. The number of amides is 1. The van der Waals surface area contributed by atoms with E-state index < -0.39 is 0 Å². The lowest BCUT2D eigenvalue weighted by Gasteiger charge is -2.33. The third-order valence-electron chi connectivity index (χ3n) is 5.69. The van der Waals surface area contributed by atoms with Gasteiger partial charge in [0.1, 0.15) is 6.10 Å². The number of carbonyl (C=O) groups excluding carboxylic acids is 1. The topological polar surface area (TPSA) is 80.2 Å². The molecule has 7 heteroatoms. The Morgan fingerprint density at radius 3 is 2.62 bits per heavy atom. The van der Waals surface area contributed by atoms with Crippen molar-refractivity contribution in [1.82, 2.24) is 20.3 Å². The Labute approximate surface area is 171 Å². The predicted octanol–water partition coefficient (Wildman–Crippen LogP) is 2.93. The van der Waals surface area contributed by atoms with Gasteiger partial charge >= 0.3 is 0 Å². The standard InChI is InChI=1S/C22H29N5O2/c1-15(2)20-18(16-5-9-23-10-6-16)14-24-22(26-20)27-11-7-17(8-12-27)25-21(28)19-4-3-13-29-19/h5-6,9-10,14-15,17,19H,3-4,7-8,11-13H2,1-2H3,(H,25,28)/t19-/m1/s1. The van der Waals surface area contributed by atoms with Crippen LogP contribution in [-0.2, 0) is 9.53 Å². The van der Waals surface area contributed by atoms with E-state index in [1.807, 2.05) is 18.3 Å². The highest BCUT2D eigenvalue weighted by molar-refractivity contribution is 5.81. The molecule has 0 aliphatic carbocycles. The molecule has 4 heterocycles. The van der Waals surface area contributed by atoms with Crippen molar-refractivity contribution >= 4 is 11.9 Å². The minimum absolute atomic E-state index is 0.0426.